The van der Waals surface area contributed by atoms with E-state index in [-0.39, 0.29) is 11.0 Å². The number of ketones is 1. The van der Waals surface area contributed by atoms with E-state index in [0.717, 1.165) is 12.0 Å². The molecule has 1 unspecified atom stereocenters. The summed E-state index contributed by atoms with van der Waals surface area (Å²) in [5.74, 6) is 1.36. The van der Waals surface area contributed by atoms with Crippen molar-refractivity contribution >= 4 is 29.3 Å². The van der Waals surface area contributed by atoms with Gasteiger partial charge in [-0.3, -0.25) is 4.79 Å². The zero-order chi connectivity index (χ0) is 15.2. The van der Waals surface area contributed by atoms with Crippen molar-refractivity contribution in [1.29, 1.82) is 0 Å². The molecule has 2 rings (SSSR count). The molecule has 21 heavy (non-hydrogen) atoms. The number of hydrogen-bond acceptors (Lipinski definition) is 6. The Morgan fingerprint density at radius 3 is 2.62 bits per heavy atom. The predicted octanol–water partition coefficient (Wildman–Crippen LogP) is 3.86. The van der Waals surface area contributed by atoms with Crippen LogP contribution < -0.4 is 0 Å². The van der Waals surface area contributed by atoms with Crippen LogP contribution in [0.5, 0.6) is 0 Å². The van der Waals surface area contributed by atoms with Gasteiger partial charge >= 0.3 is 0 Å². The van der Waals surface area contributed by atoms with Crippen LogP contribution in [-0.4, -0.2) is 27.5 Å². The summed E-state index contributed by atoms with van der Waals surface area (Å²) in [4.78, 5) is 12.4. The Morgan fingerprint density at radius 2 is 2.00 bits per heavy atom. The van der Waals surface area contributed by atoms with E-state index in [1.54, 1.807) is 11.8 Å². The van der Waals surface area contributed by atoms with Crippen LogP contribution in [-0.2, 0) is 12.2 Å². The van der Waals surface area contributed by atoms with Gasteiger partial charge in [-0.1, -0.05) is 43.0 Å². The average molecular weight is 322 g/mol. The Hall–Kier alpha value is -1.27. The molecular weight excluding hydrogens is 304 g/mol. The molecule has 0 bridgehead atoms. The van der Waals surface area contributed by atoms with Crippen LogP contribution in [0.3, 0.4) is 0 Å². The molecule has 1 aromatic heterocycles. The van der Waals surface area contributed by atoms with Crippen molar-refractivity contribution in [3.63, 3.8) is 0 Å². The standard InChI is InChI=1S/C15H18N2O2S2/c1-4-11-5-7-12(8-6-11)14(18)10(2)21-15-17-16-13(19-15)9-20-3/h5-8,10H,4,9H2,1-3H3. The first-order chi connectivity index (χ1) is 10.1. The summed E-state index contributed by atoms with van der Waals surface area (Å²) >= 11 is 2.93. The van der Waals surface area contributed by atoms with Crippen molar-refractivity contribution in [3.05, 3.63) is 41.3 Å². The number of hydrogen-bond donors (Lipinski definition) is 0. The van der Waals surface area contributed by atoms with E-state index >= 15 is 0 Å². The van der Waals surface area contributed by atoms with Crippen molar-refractivity contribution < 1.29 is 9.21 Å². The Bertz CT molecular complexity index is 596. The molecule has 0 aliphatic carbocycles. The summed E-state index contributed by atoms with van der Waals surface area (Å²) in [6.07, 6.45) is 2.95. The fourth-order valence-corrected chi connectivity index (χ4v) is 2.95. The largest absolute Gasteiger partial charge is 0.415 e. The fourth-order valence-electron chi connectivity index (χ4n) is 1.81. The molecule has 1 atom stereocenters. The highest BCUT2D eigenvalue weighted by molar-refractivity contribution is 8.00. The van der Waals surface area contributed by atoms with Gasteiger partial charge in [0.1, 0.15) is 0 Å². The summed E-state index contributed by atoms with van der Waals surface area (Å²) in [5, 5.41) is 8.10. The maximum absolute atomic E-state index is 12.4. The fraction of sp³-hybridized carbons (Fsp3) is 0.400. The maximum atomic E-state index is 12.4. The molecule has 112 valence electrons. The monoisotopic (exact) mass is 322 g/mol. The predicted molar refractivity (Wildman–Crippen MR) is 87.0 cm³/mol. The first-order valence-electron chi connectivity index (χ1n) is 6.75. The number of benzene rings is 1. The normalized spacial score (nSPS) is 12.3. The highest BCUT2D eigenvalue weighted by Crippen LogP contribution is 2.25. The molecule has 0 radical (unpaired) electrons. The molecule has 0 spiro atoms. The number of carbonyl (C=O) groups excluding carboxylic acids is 1. The SMILES string of the molecule is CCc1ccc(C(=O)C(C)Sc2nnc(CSC)o2)cc1. The van der Waals surface area contributed by atoms with Gasteiger partial charge < -0.3 is 4.42 Å². The van der Waals surface area contributed by atoms with Crippen molar-refractivity contribution in [2.24, 2.45) is 0 Å². The van der Waals surface area contributed by atoms with E-state index in [1.807, 2.05) is 37.4 Å². The molecule has 0 fully saturated rings. The van der Waals surface area contributed by atoms with Crippen LogP contribution in [0.1, 0.15) is 35.7 Å². The summed E-state index contributed by atoms with van der Waals surface area (Å²) < 4.78 is 5.48. The summed E-state index contributed by atoms with van der Waals surface area (Å²) in [6.45, 7) is 3.95. The molecule has 4 nitrogen and oxygen atoms in total. The second-order valence-electron chi connectivity index (χ2n) is 4.57. The number of nitrogens with zero attached hydrogens (tertiary/aromatic N) is 2. The molecular formula is C15H18N2O2S2. The summed E-state index contributed by atoms with van der Waals surface area (Å²) in [6, 6.07) is 7.75. The van der Waals surface area contributed by atoms with E-state index in [1.165, 1.54) is 17.3 Å². The topological polar surface area (TPSA) is 56.0 Å². The lowest BCUT2D eigenvalue weighted by Gasteiger charge is -2.08. The van der Waals surface area contributed by atoms with E-state index in [9.17, 15) is 4.79 Å². The van der Waals surface area contributed by atoms with Crippen molar-refractivity contribution in [3.8, 4) is 0 Å². The Balaban J connectivity index is 2.00. The molecule has 1 aromatic carbocycles. The van der Waals surface area contributed by atoms with Gasteiger partial charge in [0.25, 0.3) is 5.22 Å². The first-order valence-corrected chi connectivity index (χ1v) is 9.02. The number of aryl methyl sites for hydroxylation is 1. The minimum absolute atomic E-state index is 0.0762. The minimum Gasteiger partial charge on any atom is -0.415 e. The Morgan fingerprint density at radius 1 is 1.29 bits per heavy atom. The second kappa shape index (κ2) is 7.66. The van der Waals surface area contributed by atoms with Gasteiger partial charge in [0.05, 0.1) is 11.0 Å². The summed E-state index contributed by atoms with van der Waals surface area (Å²) in [7, 11) is 0. The van der Waals surface area contributed by atoms with Crippen LogP contribution in [0.25, 0.3) is 0 Å². The Labute approximate surface area is 133 Å². The zero-order valence-corrected chi connectivity index (χ0v) is 14.0. The lowest BCUT2D eigenvalue weighted by Crippen LogP contribution is -2.13. The molecule has 0 saturated heterocycles. The number of thioether (sulfide) groups is 2. The molecule has 1 heterocycles. The molecule has 6 heteroatoms. The third-order valence-corrected chi connectivity index (χ3v) is 4.48. The molecule has 0 N–H and O–H groups in total. The van der Waals surface area contributed by atoms with Crippen molar-refractivity contribution in [1.82, 2.24) is 10.2 Å². The van der Waals surface area contributed by atoms with E-state index in [0.29, 0.717) is 16.9 Å². The van der Waals surface area contributed by atoms with E-state index in [2.05, 4.69) is 17.1 Å². The van der Waals surface area contributed by atoms with E-state index < -0.39 is 0 Å². The van der Waals surface area contributed by atoms with Gasteiger partial charge in [-0.15, -0.1) is 10.2 Å². The van der Waals surface area contributed by atoms with Crippen LogP contribution in [0.15, 0.2) is 33.9 Å². The van der Waals surface area contributed by atoms with Gasteiger partial charge in [-0.2, -0.15) is 11.8 Å². The quantitative estimate of drug-likeness (QED) is 0.570. The number of Topliss-reactive ketones (excluding diaryl/α,β-unsaturated/α-hetero) is 1. The van der Waals surface area contributed by atoms with Crippen LogP contribution in [0.4, 0.5) is 0 Å². The van der Waals surface area contributed by atoms with Crippen molar-refractivity contribution in [2.45, 2.75) is 36.5 Å². The molecule has 2 aromatic rings. The summed E-state index contributed by atoms with van der Waals surface area (Å²) in [5.41, 5.74) is 1.95. The third kappa shape index (κ3) is 4.35. The number of rotatable bonds is 7. The molecule has 0 aliphatic rings. The van der Waals surface area contributed by atoms with Gasteiger partial charge in [-0.05, 0) is 25.2 Å². The van der Waals surface area contributed by atoms with E-state index in [4.69, 9.17) is 4.42 Å². The van der Waals surface area contributed by atoms with Gasteiger partial charge in [0.2, 0.25) is 5.89 Å². The highest BCUT2D eigenvalue weighted by Gasteiger charge is 2.19. The van der Waals surface area contributed by atoms with Crippen molar-refractivity contribution in [2.75, 3.05) is 6.26 Å². The number of aromatic nitrogens is 2. The zero-order valence-electron chi connectivity index (χ0n) is 12.3. The molecule has 0 saturated carbocycles. The van der Waals surface area contributed by atoms with Crippen LogP contribution >= 0.6 is 23.5 Å². The maximum Gasteiger partial charge on any atom is 0.277 e. The lowest BCUT2D eigenvalue weighted by atomic mass is 10.1. The average Bonchev–Trinajstić information content (AvgIpc) is 2.94. The number of carbonyl (C=O) groups is 1. The molecule has 0 aliphatic heterocycles. The van der Waals surface area contributed by atoms with Crippen LogP contribution in [0.2, 0.25) is 0 Å². The smallest absolute Gasteiger partial charge is 0.277 e. The highest BCUT2D eigenvalue weighted by atomic mass is 32.2. The molecule has 0 amide bonds. The second-order valence-corrected chi connectivity index (χ2v) is 6.73. The third-order valence-electron chi connectivity index (χ3n) is 3.01. The first kappa shape index (κ1) is 16.1. The lowest BCUT2D eigenvalue weighted by molar-refractivity contribution is 0.0993. The van der Waals surface area contributed by atoms with Gasteiger partial charge in [0.15, 0.2) is 5.78 Å². The van der Waals surface area contributed by atoms with Gasteiger partial charge in [0, 0.05) is 5.56 Å². The minimum atomic E-state index is -0.250. The Kier molecular flexibility index (Phi) is 5.87. The van der Waals surface area contributed by atoms with Gasteiger partial charge in [-0.25, -0.2) is 0 Å². The van der Waals surface area contributed by atoms with Crippen LogP contribution in [0, 0.1) is 0 Å².